The lowest BCUT2D eigenvalue weighted by atomic mass is 10.2. The summed E-state index contributed by atoms with van der Waals surface area (Å²) in [7, 11) is 0. The Morgan fingerprint density at radius 3 is 2.50 bits per heavy atom. The van der Waals surface area contributed by atoms with E-state index in [-0.39, 0.29) is 13.0 Å². The molecule has 9 heteroatoms. The van der Waals surface area contributed by atoms with Crippen molar-refractivity contribution < 1.29 is 28.6 Å². The molecule has 0 saturated heterocycles. The number of carbonyl (C=O) groups is 3. The second-order valence-electron chi connectivity index (χ2n) is 5.87. The molecule has 0 spiro atoms. The van der Waals surface area contributed by atoms with Crippen molar-refractivity contribution in [2.75, 3.05) is 13.2 Å². The number of para-hydroxylation sites is 2. The van der Waals surface area contributed by atoms with Gasteiger partial charge in [0.25, 0.3) is 11.8 Å². The molecule has 8 nitrogen and oxygen atoms in total. The third-order valence-corrected chi connectivity index (χ3v) is 4.00. The van der Waals surface area contributed by atoms with Gasteiger partial charge in [0.1, 0.15) is 6.61 Å². The number of amides is 2. The van der Waals surface area contributed by atoms with Crippen LogP contribution in [-0.2, 0) is 25.5 Å². The fourth-order valence-electron chi connectivity index (χ4n) is 2.36. The van der Waals surface area contributed by atoms with Crippen LogP contribution in [0, 0.1) is 0 Å². The van der Waals surface area contributed by atoms with Crippen molar-refractivity contribution in [3.05, 3.63) is 59.1 Å². The Hall–Kier alpha value is -3.26. The van der Waals surface area contributed by atoms with E-state index in [1.54, 1.807) is 48.5 Å². The molecule has 1 aliphatic heterocycles. The summed E-state index contributed by atoms with van der Waals surface area (Å²) in [5, 5.41) is 0.558. The van der Waals surface area contributed by atoms with Gasteiger partial charge in [-0.1, -0.05) is 35.9 Å². The van der Waals surface area contributed by atoms with Crippen molar-refractivity contribution in [3.8, 4) is 11.5 Å². The van der Waals surface area contributed by atoms with Crippen molar-refractivity contribution >= 4 is 29.4 Å². The lowest BCUT2D eigenvalue weighted by Crippen LogP contribution is -2.51. The fraction of sp³-hybridized carbons (Fsp3) is 0.211. The Balaban J connectivity index is 1.37. The van der Waals surface area contributed by atoms with Gasteiger partial charge in [-0.05, 0) is 29.8 Å². The van der Waals surface area contributed by atoms with E-state index in [1.807, 2.05) is 0 Å². The zero-order valence-electron chi connectivity index (χ0n) is 14.6. The monoisotopic (exact) mass is 404 g/mol. The standard InChI is InChI=1S/C19H17ClN2O6/c20-13-7-5-12(6-8-13)9-18(24)27-11-17(23)21-22-19(25)16-10-26-14-3-1-2-4-15(14)28-16/h1-8,16H,9-11H2,(H,21,23)(H,22,25)/t16-/m1/s1. The molecular formula is C19H17ClN2O6. The number of hydrogen-bond donors (Lipinski definition) is 2. The number of hydrazine groups is 1. The largest absolute Gasteiger partial charge is 0.485 e. The fourth-order valence-corrected chi connectivity index (χ4v) is 2.49. The maximum Gasteiger partial charge on any atom is 0.310 e. The van der Waals surface area contributed by atoms with Crippen LogP contribution in [0.4, 0.5) is 0 Å². The first kappa shape index (κ1) is 19.5. The molecule has 1 heterocycles. The van der Waals surface area contributed by atoms with E-state index in [4.69, 9.17) is 25.8 Å². The second-order valence-corrected chi connectivity index (χ2v) is 6.30. The lowest BCUT2D eigenvalue weighted by Gasteiger charge is -2.25. The van der Waals surface area contributed by atoms with E-state index in [9.17, 15) is 14.4 Å². The van der Waals surface area contributed by atoms with Gasteiger partial charge < -0.3 is 14.2 Å². The molecule has 1 atom stereocenters. The number of benzene rings is 2. The number of halogens is 1. The van der Waals surface area contributed by atoms with Crippen LogP contribution in [0.2, 0.25) is 5.02 Å². The van der Waals surface area contributed by atoms with E-state index >= 15 is 0 Å². The van der Waals surface area contributed by atoms with E-state index < -0.39 is 30.5 Å². The zero-order valence-corrected chi connectivity index (χ0v) is 15.4. The Bertz CT molecular complexity index is 871. The van der Waals surface area contributed by atoms with Crippen LogP contribution in [0.25, 0.3) is 0 Å². The summed E-state index contributed by atoms with van der Waals surface area (Å²) in [6.45, 7) is -0.521. The molecule has 0 fully saturated rings. The minimum Gasteiger partial charge on any atom is -0.485 e. The summed E-state index contributed by atoms with van der Waals surface area (Å²) >= 11 is 5.77. The van der Waals surface area contributed by atoms with Gasteiger partial charge in [-0.3, -0.25) is 25.2 Å². The average molecular weight is 405 g/mol. The summed E-state index contributed by atoms with van der Waals surface area (Å²) < 4.78 is 15.8. The summed E-state index contributed by atoms with van der Waals surface area (Å²) in [5.41, 5.74) is 5.08. The summed E-state index contributed by atoms with van der Waals surface area (Å²) in [6.07, 6.45) is -0.911. The second kappa shape index (κ2) is 9.09. The first-order valence-corrected chi connectivity index (χ1v) is 8.76. The molecule has 2 N–H and O–H groups in total. The van der Waals surface area contributed by atoms with Crippen LogP contribution in [-0.4, -0.2) is 37.1 Å². The van der Waals surface area contributed by atoms with Gasteiger partial charge in [-0.2, -0.15) is 0 Å². The van der Waals surface area contributed by atoms with Crippen LogP contribution in [0.15, 0.2) is 48.5 Å². The summed E-state index contributed by atoms with van der Waals surface area (Å²) in [5.74, 6) is -0.866. The Labute approximate surface area is 165 Å². The Kier molecular flexibility index (Phi) is 6.33. The van der Waals surface area contributed by atoms with Crippen LogP contribution in [0.3, 0.4) is 0 Å². The van der Waals surface area contributed by atoms with E-state index in [0.717, 1.165) is 0 Å². The third-order valence-electron chi connectivity index (χ3n) is 3.75. The first-order valence-electron chi connectivity index (χ1n) is 8.38. The number of rotatable bonds is 5. The summed E-state index contributed by atoms with van der Waals surface area (Å²) in [4.78, 5) is 35.6. The molecule has 0 radical (unpaired) electrons. The quantitative estimate of drug-likeness (QED) is 0.577. The van der Waals surface area contributed by atoms with Crippen LogP contribution < -0.4 is 20.3 Å². The molecule has 0 aliphatic carbocycles. The number of hydrogen-bond acceptors (Lipinski definition) is 6. The van der Waals surface area contributed by atoms with Crippen LogP contribution >= 0.6 is 11.6 Å². The highest BCUT2D eigenvalue weighted by Gasteiger charge is 2.27. The van der Waals surface area contributed by atoms with Gasteiger partial charge in [0.2, 0.25) is 6.10 Å². The van der Waals surface area contributed by atoms with Gasteiger partial charge in [-0.25, -0.2) is 0 Å². The van der Waals surface area contributed by atoms with Gasteiger partial charge >= 0.3 is 5.97 Å². The van der Waals surface area contributed by atoms with Crippen LogP contribution in [0.1, 0.15) is 5.56 Å². The molecule has 0 unspecified atom stereocenters. The number of fused-ring (bicyclic) bond motifs is 1. The van der Waals surface area contributed by atoms with E-state index in [0.29, 0.717) is 22.1 Å². The number of nitrogens with one attached hydrogen (secondary N) is 2. The molecule has 28 heavy (non-hydrogen) atoms. The molecule has 0 bridgehead atoms. The summed E-state index contributed by atoms with van der Waals surface area (Å²) in [6, 6.07) is 13.6. The van der Waals surface area contributed by atoms with Crippen molar-refractivity contribution in [2.45, 2.75) is 12.5 Å². The molecule has 146 valence electrons. The van der Waals surface area contributed by atoms with Crippen molar-refractivity contribution in [1.82, 2.24) is 10.9 Å². The third kappa shape index (κ3) is 5.37. The van der Waals surface area contributed by atoms with Crippen LogP contribution in [0.5, 0.6) is 11.5 Å². The van der Waals surface area contributed by atoms with Gasteiger partial charge in [0, 0.05) is 5.02 Å². The number of esters is 1. The molecule has 2 amide bonds. The maximum atomic E-state index is 12.1. The van der Waals surface area contributed by atoms with E-state index in [2.05, 4.69) is 10.9 Å². The molecule has 0 aromatic heterocycles. The molecule has 3 rings (SSSR count). The Morgan fingerprint density at radius 2 is 1.75 bits per heavy atom. The van der Waals surface area contributed by atoms with Crippen molar-refractivity contribution in [1.29, 1.82) is 0 Å². The molecule has 0 saturated carbocycles. The highest BCUT2D eigenvalue weighted by molar-refractivity contribution is 6.30. The van der Waals surface area contributed by atoms with Crippen molar-refractivity contribution in [3.63, 3.8) is 0 Å². The average Bonchev–Trinajstić information content (AvgIpc) is 2.71. The predicted molar refractivity (Wildman–Crippen MR) is 98.8 cm³/mol. The predicted octanol–water partition coefficient (Wildman–Crippen LogP) is 1.41. The Morgan fingerprint density at radius 1 is 1.04 bits per heavy atom. The maximum absolute atomic E-state index is 12.1. The smallest absolute Gasteiger partial charge is 0.310 e. The number of ether oxygens (including phenoxy) is 3. The SMILES string of the molecule is O=C(COC(=O)Cc1ccc(Cl)cc1)NNC(=O)[C@H]1COc2ccccc2O1. The van der Waals surface area contributed by atoms with Gasteiger partial charge in [0.05, 0.1) is 6.42 Å². The minimum absolute atomic E-state index is 0.00344. The molecule has 1 aliphatic rings. The van der Waals surface area contributed by atoms with Gasteiger partial charge in [0.15, 0.2) is 18.1 Å². The minimum atomic E-state index is -0.914. The highest BCUT2D eigenvalue weighted by Crippen LogP contribution is 2.30. The first-order chi connectivity index (χ1) is 13.5. The van der Waals surface area contributed by atoms with Gasteiger partial charge in [-0.15, -0.1) is 0 Å². The molecular weight excluding hydrogens is 388 g/mol. The highest BCUT2D eigenvalue weighted by atomic mass is 35.5. The number of carbonyl (C=O) groups excluding carboxylic acids is 3. The zero-order chi connectivity index (χ0) is 19.9. The lowest BCUT2D eigenvalue weighted by molar-refractivity contribution is -0.148. The van der Waals surface area contributed by atoms with E-state index in [1.165, 1.54) is 0 Å². The molecule has 2 aromatic rings. The topological polar surface area (TPSA) is 103 Å². The normalized spacial score (nSPS) is 14.7. The van der Waals surface area contributed by atoms with Crippen molar-refractivity contribution in [2.24, 2.45) is 0 Å². The molecule has 2 aromatic carbocycles.